The molecule has 0 spiro atoms. The number of aromatic amines is 1. The number of thiazole rings is 1. The van der Waals surface area contributed by atoms with Gasteiger partial charge in [0.2, 0.25) is 5.13 Å². The van der Waals surface area contributed by atoms with Crippen LogP contribution in [0.2, 0.25) is 0 Å². The van der Waals surface area contributed by atoms with Gasteiger partial charge in [-0.1, -0.05) is 65.9 Å². The van der Waals surface area contributed by atoms with Crippen molar-refractivity contribution in [2.24, 2.45) is 4.99 Å². The lowest BCUT2D eigenvalue weighted by molar-refractivity contribution is 0.475. The molecule has 0 aliphatic heterocycles. The first-order valence-corrected chi connectivity index (χ1v) is 11.5. The van der Waals surface area contributed by atoms with Gasteiger partial charge in [0.15, 0.2) is 0 Å². The second kappa shape index (κ2) is 8.88. The molecule has 164 valence electrons. The maximum absolute atomic E-state index is 13.5. The molecule has 0 amide bonds. The summed E-state index contributed by atoms with van der Waals surface area (Å²) in [6, 6.07) is 24.7. The fourth-order valence-corrected chi connectivity index (χ4v) is 4.70. The van der Waals surface area contributed by atoms with Crippen LogP contribution in [0.4, 0.5) is 0 Å². The molecule has 0 unspecified atom stereocenters. The van der Waals surface area contributed by atoms with E-state index in [4.69, 9.17) is 4.99 Å². The summed E-state index contributed by atoms with van der Waals surface area (Å²) in [6.07, 6.45) is 0.717. The maximum Gasteiger partial charge on any atom is 0.283 e. The molecule has 0 aliphatic carbocycles. The van der Waals surface area contributed by atoms with Crippen molar-refractivity contribution in [1.82, 2.24) is 14.8 Å². The lowest BCUT2D eigenvalue weighted by atomic mass is 10.1. The number of phenols is 1. The SMILES string of the molecule is CC(=NCCc1ccc(O)cc1)c1c(-c2ccccc2)[nH]n(-c2nc3ccccc3s2)c1=O. The second-order valence-electron chi connectivity index (χ2n) is 7.72. The number of hydrogen-bond acceptors (Lipinski definition) is 5. The van der Waals surface area contributed by atoms with Crippen molar-refractivity contribution in [1.29, 1.82) is 0 Å². The van der Waals surface area contributed by atoms with Gasteiger partial charge in [0.05, 0.1) is 21.5 Å². The van der Waals surface area contributed by atoms with E-state index in [1.54, 1.807) is 12.1 Å². The van der Waals surface area contributed by atoms with Crippen LogP contribution in [0.3, 0.4) is 0 Å². The zero-order valence-corrected chi connectivity index (χ0v) is 18.8. The second-order valence-corrected chi connectivity index (χ2v) is 8.73. The van der Waals surface area contributed by atoms with E-state index in [9.17, 15) is 9.90 Å². The number of fused-ring (bicyclic) bond motifs is 1. The number of rotatable bonds is 6. The van der Waals surface area contributed by atoms with Gasteiger partial charge in [0.1, 0.15) is 5.75 Å². The van der Waals surface area contributed by atoms with Crippen LogP contribution in [-0.2, 0) is 6.42 Å². The van der Waals surface area contributed by atoms with Crippen LogP contribution in [-0.4, -0.2) is 32.1 Å². The standard InChI is InChI=1S/C26H22N4O2S/c1-17(27-16-15-18-11-13-20(31)14-12-18)23-24(19-7-3-2-4-8-19)29-30(25(23)32)26-28-21-9-5-6-10-22(21)33-26/h2-14,29,31H,15-16H2,1H3. The number of nitrogens with one attached hydrogen (secondary N) is 1. The van der Waals surface area contributed by atoms with Gasteiger partial charge < -0.3 is 5.11 Å². The summed E-state index contributed by atoms with van der Waals surface area (Å²) in [4.78, 5) is 22.9. The highest BCUT2D eigenvalue weighted by molar-refractivity contribution is 7.20. The van der Waals surface area contributed by atoms with Gasteiger partial charge in [-0.25, -0.2) is 4.98 Å². The zero-order valence-electron chi connectivity index (χ0n) is 18.0. The van der Waals surface area contributed by atoms with Crippen LogP contribution < -0.4 is 5.56 Å². The molecular formula is C26H22N4O2S. The molecule has 3 aromatic carbocycles. The van der Waals surface area contributed by atoms with Gasteiger partial charge in [-0.2, -0.15) is 4.68 Å². The van der Waals surface area contributed by atoms with Crippen molar-refractivity contribution >= 4 is 27.3 Å². The van der Waals surface area contributed by atoms with Crippen molar-refractivity contribution < 1.29 is 5.11 Å². The van der Waals surface area contributed by atoms with Gasteiger partial charge in [0.25, 0.3) is 5.56 Å². The summed E-state index contributed by atoms with van der Waals surface area (Å²) in [5.41, 5.74) is 4.64. The Morgan fingerprint density at radius 2 is 1.76 bits per heavy atom. The zero-order chi connectivity index (χ0) is 22.8. The Kier molecular flexibility index (Phi) is 5.62. The third kappa shape index (κ3) is 4.23. The molecule has 0 radical (unpaired) electrons. The molecule has 7 heteroatoms. The lowest BCUT2D eigenvalue weighted by Crippen LogP contribution is -2.19. The van der Waals surface area contributed by atoms with Crippen LogP contribution in [0.1, 0.15) is 18.1 Å². The number of aromatic hydroxyl groups is 1. The molecule has 0 atom stereocenters. The number of para-hydroxylation sites is 1. The van der Waals surface area contributed by atoms with Crippen molar-refractivity contribution in [3.8, 4) is 22.1 Å². The maximum atomic E-state index is 13.5. The van der Waals surface area contributed by atoms with Crippen LogP contribution in [0.15, 0.2) is 88.6 Å². The van der Waals surface area contributed by atoms with E-state index in [1.165, 1.54) is 16.0 Å². The number of H-pyrrole nitrogens is 1. The Morgan fingerprint density at radius 1 is 1.03 bits per heavy atom. The first kappa shape index (κ1) is 20.9. The van der Waals surface area contributed by atoms with Gasteiger partial charge in [-0.05, 0) is 43.2 Å². The molecule has 5 aromatic rings. The van der Waals surface area contributed by atoms with Crippen LogP contribution >= 0.6 is 11.3 Å². The number of phenolic OH excluding ortho intramolecular Hbond substituents is 1. The summed E-state index contributed by atoms with van der Waals surface area (Å²) >= 11 is 1.47. The lowest BCUT2D eigenvalue weighted by Gasteiger charge is -2.03. The average Bonchev–Trinajstić information content (AvgIpc) is 3.42. The van der Waals surface area contributed by atoms with Crippen molar-refractivity contribution in [2.75, 3.05) is 6.54 Å². The predicted octanol–water partition coefficient (Wildman–Crippen LogP) is 5.20. The average molecular weight is 455 g/mol. The van der Waals surface area contributed by atoms with Crippen molar-refractivity contribution in [3.63, 3.8) is 0 Å². The molecule has 33 heavy (non-hydrogen) atoms. The van der Waals surface area contributed by atoms with E-state index in [2.05, 4.69) is 10.1 Å². The van der Waals surface area contributed by atoms with Crippen LogP contribution in [0.25, 0.3) is 26.6 Å². The smallest absolute Gasteiger partial charge is 0.283 e. The summed E-state index contributed by atoms with van der Waals surface area (Å²) in [5, 5.41) is 13.3. The Labute approximate surface area is 194 Å². The summed E-state index contributed by atoms with van der Waals surface area (Å²) in [6.45, 7) is 2.41. The number of nitrogens with zero attached hydrogens (tertiary/aromatic N) is 3. The molecular weight excluding hydrogens is 432 g/mol. The number of hydrogen-bond donors (Lipinski definition) is 2. The molecule has 2 N–H and O–H groups in total. The Morgan fingerprint density at radius 3 is 2.52 bits per heavy atom. The molecule has 2 heterocycles. The van der Waals surface area contributed by atoms with Crippen LogP contribution in [0, 0.1) is 0 Å². The van der Waals surface area contributed by atoms with Crippen molar-refractivity contribution in [2.45, 2.75) is 13.3 Å². The van der Waals surface area contributed by atoms with Gasteiger partial charge in [-0.3, -0.25) is 14.9 Å². The van der Waals surface area contributed by atoms with Gasteiger partial charge in [0, 0.05) is 17.8 Å². The molecule has 2 aromatic heterocycles. The number of benzene rings is 3. The molecule has 0 saturated carbocycles. The molecule has 0 fully saturated rings. The van der Waals surface area contributed by atoms with Gasteiger partial charge in [-0.15, -0.1) is 0 Å². The molecule has 0 saturated heterocycles. The van der Waals surface area contributed by atoms with E-state index in [-0.39, 0.29) is 11.3 Å². The minimum Gasteiger partial charge on any atom is -0.508 e. The summed E-state index contributed by atoms with van der Waals surface area (Å²) in [5.74, 6) is 0.244. The largest absolute Gasteiger partial charge is 0.508 e. The first-order chi connectivity index (χ1) is 16.1. The fourth-order valence-electron chi connectivity index (χ4n) is 3.77. The van der Waals surface area contributed by atoms with E-state index in [0.717, 1.165) is 33.5 Å². The monoisotopic (exact) mass is 454 g/mol. The molecule has 0 bridgehead atoms. The normalized spacial score (nSPS) is 11.8. The van der Waals surface area contributed by atoms with E-state index >= 15 is 0 Å². The minimum atomic E-state index is -0.168. The third-order valence-corrected chi connectivity index (χ3v) is 6.50. The molecule has 6 nitrogen and oxygen atoms in total. The Bertz CT molecular complexity index is 1460. The first-order valence-electron chi connectivity index (χ1n) is 10.7. The highest BCUT2D eigenvalue weighted by Gasteiger charge is 2.20. The van der Waals surface area contributed by atoms with E-state index in [1.807, 2.05) is 73.7 Å². The minimum absolute atomic E-state index is 0.168. The number of aliphatic imine (C=N–C) groups is 1. The topological polar surface area (TPSA) is 83.3 Å². The van der Waals surface area contributed by atoms with Gasteiger partial charge >= 0.3 is 0 Å². The fraction of sp³-hybridized carbons (Fsp3) is 0.115. The summed E-state index contributed by atoms with van der Waals surface area (Å²) in [7, 11) is 0. The molecule has 5 rings (SSSR count). The predicted molar refractivity (Wildman–Crippen MR) is 134 cm³/mol. The quantitative estimate of drug-likeness (QED) is 0.346. The Balaban J connectivity index is 1.54. The van der Waals surface area contributed by atoms with E-state index < -0.39 is 0 Å². The third-order valence-electron chi connectivity index (χ3n) is 5.47. The highest BCUT2D eigenvalue weighted by Crippen LogP contribution is 2.26. The number of aromatic nitrogens is 3. The Hall–Kier alpha value is -3.97. The summed E-state index contributed by atoms with van der Waals surface area (Å²) < 4.78 is 2.54. The van der Waals surface area contributed by atoms with Crippen molar-refractivity contribution in [3.05, 3.63) is 100 Å². The van der Waals surface area contributed by atoms with E-state index in [0.29, 0.717) is 23.0 Å². The molecule has 0 aliphatic rings. The highest BCUT2D eigenvalue weighted by atomic mass is 32.1. The van der Waals surface area contributed by atoms with Crippen LogP contribution in [0.5, 0.6) is 5.75 Å².